The molecule has 0 aliphatic heterocycles. The van der Waals surface area contributed by atoms with Gasteiger partial charge >= 0.3 is 6.18 Å². The number of benzene rings is 2. The van der Waals surface area contributed by atoms with Crippen LogP contribution in [0.4, 0.5) is 18.9 Å². The number of carbonyl (C=O) groups excluding carboxylic acids is 1. The zero-order chi connectivity index (χ0) is 22.2. The van der Waals surface area contributed by atoms with Gasteiger partial charge in [-0.05, 0) is 36.4 Å². The van der Waals surface area contributed by atoms with Crippen molar-refractivity contribution in [2.45, 2.75) is 6.18 Å². The third-order valence-electron chi connectivity index (χ3n) is 4.86. The topological polar surface area (TPSA) is 60.8 Å². The van der Waals surface area contributed by atoms with Crippen LogP contribution in [-0.2, 0) is 13.2 Å². The summed E-state index contributed by atoms with van der Waals surface area (Å²) in [5.74, 6) is -0.277. The molecule has 0 aliphatic carbocycles. The Hall–Kier alpha value is -3.49. The number of anilines is 1. The minimum atomic E-state index is -4.49. The molecular weight excluding hydrogens is 401 g/mol. The number of fused-ring (bicyclic) bond motifs is 1. The van der Waals surface area contributed by atoms with E-state index in [1.165, 1.54) is 45.0 Å². The summed E-state index contributed by atoms with van der Waals surface area (Å²) in [5, 5.41) is 0.439. The number of ether oxygens (including phenoxy) is 2. The van der Waals surface area contributed by atoms with E-state index in [4.69, 9.17) is 9.47 Å². The molecule has 1 amide bonds. The number of aryl methyl sites for hydroxylation is 1. The number of methoxy groups -OCH3 is 2. The predicted molar refractivity (Wildman–Crippen MR) is 106 cm³/mol. The molecule has 0 N–H and O–H groups in total. The number of rotatable bonds is 4. The summed E-state index contributed by atoms with van der Waals surface area (Å²) < 4.78 is 50.5. The number of hydrogen-bond acceptors (Lipinski definition) is 4. The maximum atomic E-state index is 13.2. The second-order valence-electron chi connectivity index (χ2n) is 6.54. The Bertz CT molecular complexity index is 1170. The van der Waals surface area contributed by atoms with E-state index in [9.17, 15) is 22.8 Å². The molecule has 3 aromatic rings. The summed E-state index contributed by atoms with van der Waals surface area (Å²) in [6.07, 6.45) is -4.49. The Morgan fingerprint density at radius 3 is 2.20 bits per heavy atom. The highest BCUT2D eigenvalue weighted by Crippen LogP contribution is 2.36. The van der Waals surface area contributed by atoms with Gasteiger partial charge in [-0.3, -0.25) is 9.59 Å². The Morgan fingerprint density at radius 1 is 1.03 bits per heavy atom. The lowest BCUT2D eigenvalue weighted by Gasteiger charge is -2.21. The van der Waals surface area contributed by atoms with Gasteiger partial charge in [0.25, 0.3) is 11.5 Å². The van der Waals surface area contributed by atoms with Crippen molar-refractivity contribution in [1.82, 2.24) is 4.57 Å². The van der Waals surface area contributed by atoms with Gasteiger partial charge < -0.3 is 18.9 Å². The highest BCUT2D eigenvalue weighted by atomic mass is 19.4. The first-order valence-electron chi connectivity index (χ1n) is 8.80. The molecule has 1 heterocycles. The molecule has 0 bridgehead atoms. The molecule has 0 atom stereocenters. The molecule has 0 radical (unpaired) electrons. The lowest BCUT2D eigenvalue weighted by Crippen LogP contribution is -2.34. The Labute approximate surface area is 170 Å². The van der Waals surface area contributed by atoms with Crippen molar-refractivity contribution in [3.8, 4) is 11.5 Å². The standard InChI is InChI=1S/C21H19F3N2O4/c1-25(13-10-8-12(9-11-13)21(22,23)24)19(27)17-18(30-4)16-14(26(2)20(17)28)6-5-7-15(16)29-3/h5-11H,1-4H3. The van der Waals surface area contributed by atoms with E-state index in [1.807, 2.05) is 0 Å². The smallest absolute Gasteiger partial charge is 0.416 e. The first-order chi connectivity index (χ1) is 14.1. The number of carbonyl (C=O) groups is 1. The van der Waals surface area contributed by atoms with Crippen LogP contribution in [0, 0.1) is 0 Å². The monoisotopic (exact) mass is 420 g/mol. The van der Waals surface area contributed by atoms with Crippen LogP contribution in [0.15, 0.2) is 47.3 Å². The third-order valence-corrected chi connectivity index (χ3v) is 4.86. The molecule has 0 aliphatic rings. The molecule has 0 spiro atoms. The zero-order valence-corrected chi connectivity index (χ0v) is 16.7. The number of halogens is 3. The molecule has 2 aromatic carbocycles. The fraction of sp³-hybridized carbons (Fsp3) is 0.238. The summed E-state index contributed by atoms with van der Waals surface area (Å²) >= 11 is 0. The SMILES string of the molecule is COc1cccc2c1c(OC)c(C(=O)N(C)c1ccc(C(F)(F)F)cc1)c(=O)n2C. The average Bonchev–Trinajstić information content (AvgIpc) is 2.74. The van der Waals surface area contributed by atoms with E-state index in [1.54, 1.807) is 18.2 Å². The number of nitrogens with zero attached hydrogens (tertiary/aromatic N) is 2. The van der Waals surface area contributed by atoms with Crippen molar-refractivity contribution in [2.75, 3.05) is 26.2 Å². The minimum Gasteiger partial charge on any atom is -0.496 e. The lowest BCUT2D eigenvalue weighted by atomic mass is 10.1. The Morgan fingerprint density at radius 2 is 1.67 bits per heavy atom. The summed E-state index contributed by atoms with van der Waals surface area (Å²) in [7, 11) is 5.67. The summed E-state index contributed by atoms with van der Waals surface area (Å²) in [6.45, 7) is 0. The molecule has 30 heavy (non-hydrogen) atoms. The number of aromatic nitrogens is 1. The van der Waals surface area contributed by atoms with Gasteiger partial charge in [-0.2, -0.15) is 13.2 Å². The molecular formula is C21H19F3N2O4. The molecule has 6 nitrogen and oxygen atoms in total. The van der Waals surface area contributed by atoms with E-state index < -0.39 is 23.2 Å². The predicted octanol–water partition coefficient (Wildman–Crippen LogP) is 3.85. The van der Waals surface area contributed by atoms with Crippen molar-refractivity contribution >= 4 is 22.5 Å². The molecule has 0 saturated carbocycles. The van der Waals surface area contributed by atoms with Gasteiger partial charge in [0.2, 0.25) is 0 Å². The van der Waals surface area contributed by atoms with Crippen LogP contribution in [0.2, 0.25) is 0 Å². The second kappa shape index (κ2) is 7.74. The Balaban J connectivity index is 2.17. The molecule has 9 heteroatoms. The van der Waals surface area contributed by atoms with Crippen LogP contribution in [0.5, 0.6) is 11.5 Å². The van der Waals surface area contributed by atoms with Crippen LogP contribution in [0.3, 0.4) is 0 Å². The van der Waals surface area contributed by atoms with Gasteiger partial charge in [0.15, 0.2) is 0 Å². The van der Waals surface area contributed by atoms with Crippen molar-refractivity contribution in [3.63, 3.8) is 0 Å². The van der Waals surface area contributed by atoms with E-state index in [0.717, 1.165) is 17.0 Å². The first kappa shape index (κ1) is 21.2. The molecule has 0 saturated heterocycles. The summed E-state index contributed by atoms with van der Waals surface area (Å²) in [6, 6.07) is 9.14. The zero-order valence-electron chi connectivity index (χ0n) is 16.7. The van der Waals surface area contributed by atoms with Crippen molar-refractivity contribution in [3.05, 3.63) is 63.9 Å². The van der Waals surface area contributed by atoms with Gasteiger partial charge in [-0.15, -0.1) is 0 Å². The molecule has 0 unspecified atom stereocenters. The largest absolute Gasteiger partial charge is 0.496 e. The second-order valence-corrected chi connectivity index (χ2v) is 6.54. The summed E-state index contributed by atoms with van der Waals surface area (Å²) in [5.41, 5.74) is -0.992. The van der Waals surface area contributed by atoms with Crippen molar-refractivity contribution in [1.29, 1.82) is 0 Å². The van der Waals surface area contributed by atoms with Gasteiger partial charge in [0.05, 0.1) is 30.7 Å². The number of alkyl halides is 3. The van der Waals surface area contributed by atoms with E-state index in [2.05, 4.69) is 0 Å². The van der Waals surface area contributed by atoms with Crippen molar-refractivity contribution in [2.24, 2.45) is 7.05 Å². The first-order valence-corrected chi connectivity index (χ1v) is 8.80. The minimum absolute atomic E-state index is 0.0364. The maximum Gasteiger partial charge on any atom is 0.416 e. The van der Waals surface area contributed by atoms with Gasteiger partial charge in [0, 0.05) is 19.8 Å². The normalized spacial score (nSPS) is 11.4. The Kier molecular flexibility index (Phi) is 5.47. The van der Waals surface area contributed by atoms with E-state index in [-0.39, 0.29) is 17.0 Å². The van der Waals surface area contributed by atoms with Gasteiger partial charge in [-0.25, -0.2) is 0 Å². The molecule has 3 rings (SSSR count). The molecule has 0 fully saturated rings. The van der Waals surface area contributed by atoms with Crippen molar-refractivity contribution < 1.29 is 27.4 Å². The van der Waals surface area contributed by atoms with E-state index in [0.29, 0.717) is 16.7 Å². The fourth-order valence-electron chi connectivity index (χ4n) is 3.25. The average molecular weight is 420 g/mol. The van der Waals surface area contributed by atoms with Crippen LogP contribution in [0.1, 0.15) is 15.9 Å². The van der Waals surface area contributed by atoms with Crippen LogP contribution >= 0.6 is 0 Å². The lowest BCUT2D eigenvalue weighted by molar-refractivity contribution is -0.137. The molecule has 1 aromatic heterocycles. The van der Waals surface area contributed by atoms with Crippen LogP contribution in [-0.4, -0.2) is 31.7 Å². The van der Waals surface area contributed by atoms with Crippen LogP contribution < -0.4 is 19.9 Å². The highest BCUT2D eigenvalue weighted by molar-refractivity contribution is 6.11. The fourth-order valence-corrected chi connectivity index (χ4v) is 3.25. The van der Waals surface area contributed by atoms with E-state index >= 15 is 0 Å². The summed E-state index contributed by atoms with van der Waals surface area (Å²) in [4.78, 5) is 27.3. The van der Waals surface area contributed by atoms with Crippen LogP contribution in [0.25, 0.3) is 10.9 Å². The quantitative estimate of drug-likeness (QED) is 0.643. The van der Waals surface area contributed by atoms with Gasteiger partial charge in [-0.1, -0.05) is 6.07 Å². The number of hydrogen-bond donors (Lipinski definition) is 0. The third kappa shape index (κ3) is 3.47. The number of pyridine rings is 1. The highest BCUT2D eigenvalue weighted by Gasteiger charge is 2.31. The number of amides is 1. The molecule has 158 valence electrons. The van der Waals surface area contributed by atoms with Gasteiger partial charge in [0.1, 0.15) is 17.1 Å². The maximum absolute atomic E-state index is 13.2.